The number of hydrogen-bond donors (Lipinski definition) is 3. The van der Waals surface area contributed by atoms with Gasteiger partial charge in [0, 0.05) is 24.0 Å². The highest BCUT2D eigenvalue weighted by atomic mass is 16.4. The number of hydrogen-bond acceptors (Lipinski definition) is 5. The van der Waals surface area contributed by atoms with Gasteiger partial charge in [-0.2, -0.15) is 10.4 Å². The van der Waals surface area contributed by atoms with Gasteiger partial charge < -0.3 is 20.3 Å². The monoisotopic (exact) mass is 486 g/mol. The Morgan fingerprint density at radius 3 is 2.50 bits per heavy atom. The van der Waals surface area contributed by atoms with Crippen molar-refractivity contribution < 1.29 is 9.90 Å². The van der Waals surface area contributed by atoms with Crippen LogP contribution in [0.2, 0.25) is 0 Å². The Morgan fingerprint density at radius 1 is 1.08 bits per heavy atom. The van der Waals surface area contributed by atoms with E-state index in [-0.39, 0.29) is 29.6 Å². The zero-order valence-electron chi connectivity index (χ0n) is 20.1. The molecule has 1 aromatic carbocycles. The van der Waals surface area contributed by atoms with Crippen LogP contribution in [-0.4, -0.2) is 42.9 Å². The Morgan fingerprint density at radius 2 is 1.81 bits per heavy atom. The standard InChI is InChI=1S/C27H30N6O3/c28-15-17-3-1-2-4-22(17)33-23-11-12-29-26(34)24(23)25(31-33)30-19-7-5-16(6-8-19)18-13-20-9-10-21(14-18)32(20)27(35)36/h5-8,11-12,17-18,20-22H,1-4,9-10,13-14H2,(H,29,34)(H,30,31)(H,35,36). The van der Waals surface area contributed by atoms with Crippen LogP contribution < -0.4 is 10.9 Å². The molecule has 9 heteroatoms. The number of amides is 1. The number of nitriles is 1. The highest BCUT2D eigenvalue weighted by Gasteiger charge is 2.43. The SMILES string of the molecule is N#CC1CCCCC1n1nc(Nc2ccc(C3CC4CCC(C3)N4C(=O)O)cc2)c2c(=O)[nH]ccc21. The number of aromatic amines is 1. The lowest BCUT2D eigenvalue weighted by molar-refractivity contribution is 0.0965. The Kier molecular flexibility index (Phi) is 5.67. The maximum absolute atomic E-state index is 12.8. The number of nitrogens with zero attached hydrogens (tertiary/aromatic N) is 4. The van der Waals surface area contributed by atoms with Gasteiger partial charge in [0.2, 0.25) is 0 Å². The van der Waals surface area contributed by atoms with E-state index in [9.17, 15) is 20.0 Å². The summed E-state index contributed by atoms with van der Waals surface area (Å²) in [6.45, 7) is 0. The van der Waals surface area contributed by atoms with Gasteiger partial charge in [0.1, 0.15) is 5.39 Å². The van der Waals surface area contributed by atoms with Crippen molar-refractivity contribution in [3.63, 3.8) is 0 Å². The second-order valence-corrected chi connectivity index (χ2v) is 10.4. The number of benzene rings is 1. The number of aromatic nitrogens is 3. The fourth-order valence-corrected chi connectivity index (χ4v) is 6.73. The maximum atomic E-state index is 12.8. The number of carboxylic acid groups (broad SMARTS) is 1. The van der Waals surface area contributed by atoms with Gasteiger partial charge in [-0.1, -0.05) is 25.0 Å². The van der Waals surface area contributed by atoms with Gasteiger partial charge in [0.05, 0.1) is 23.5 Å². The molecule has 2 saturated heterocycles. The minimum atomic E-state index is -0.795. The summed E-state index contributed by atoms with van der Waals surface area (Å²) in [7, 11) is 0. The molecule has 9 nitrogen and oxygen atoms in total. The summed E-state index contributed by atoms with van der Waals surface area (Å²) in [5, 5.41) is 27.9. The highest BCUT2D eigenvalue weighted by molar-refractivity contribution is 5.91. The van der Waals surface area contributed by atoms with E-state index in [0.717, 1.165) is 62.6 Å². The molecule has 1 amide bonds. The molecule has 3 aromatic rings. The van der Waals surface area contributed by atoms with Gasteiger partial charge in [-0.05, 0) is 68.2 Å². The second kappa shape index (κ2) is 9.01. The zero-order chi connectivity index (χ0) is 24.8. The molecule has 0 radical (unpaired) electrons. The van der Waals surface area contributed by atoms with Crippen molar-refractivity contribution in [2.24, 2.45) is 5.92 Å². The van der Waals surface area contributed by atoms with Crippen LogP contribution >= 0.6 is 0 Å². The molecule has 2 aliphatic heterocycles. The third-order valence-electron chi connectivity index (χ3n) is 8.44. The fourth-order valence-electron chi connectivity index (χ4n) is 6.73. The number of anilines is 2. The van der Waals surface area contributed by atoms with Crippen molar-refractivity contribution in [1.82, 2.24) is 19.7 Å². The van der Waals surface area contributed by atoms with E-state index in [1.54, 1.807) is 11.1 Å². The second-order valence-electron chi connectivity index (χ2n) is 10.4. The van der Waals surface area contributed by atoms with Gasteiger partial charge in [-0.3, -0.25) is 9.48 Å². The van der Waals surface area contributed by atoms with Gasteiger partial charge in [0.15, 0.2) is 5.82 Å². The maximum Gasteiger partial charge on any atom is 0.407 e. The largest absolute Gasteiger partial charge is 0.465 e. The first-order valence-electron chi connectivity index (χ1n) is 12.9. The number of pyridine rings is 1. The lowest BCUT2D eigenvalue weighted by atomic mass is 9.85. The number of H-pyrrole nitrogens is 1. The number of nitrogens with one attached hydrogen (secondary N) is 2. The molecule has 4 atom stereocenters. The first-order chi connectivity index (χ1) is 17.5. The van der Waals surface area contributed by atoms with Crippen molar-refractivity contribution >= 4 is 28.5 Å². The van der Waals surface area contributed by atoms with E-state index in [4.69, 9.17) is 5.10 Å². The van der Waals surface area contributed by atoms with E-state index >= 15 is 0 Å². The van der Waals surface area contributed by atoms with Crippen LogP contribution in [0.5, 0.6) is 0 Å². The third kappa shape index (κ3) is 3.81. The summed E-state index contributed by atoms with van der Waals surface area (Å²) >= 11 is 0. The first kappa shape index (κ1) is 22.7. The van der Waals surface area contributed by atoms with E-state index < -0.39 is 6.09 Å². The molecule has 1 saturated carbocycles. The molecule has 36 heavy (non-hydrogen) atoms. The molecule has 2 bridgehead atoms. The van der Waals surface area contributed by atoms with Crippen LogP contribution in [0.25, 0.3) is 10.9 Å². The summed E-state index contributed by atoms with van der Waals surface area (Å²) in [4.78, 5) is 28.8. The molecule has 2 aromatic heterocycles. The van der Waals surface area contributed by atoms with E-state index in [2.05, 4.69) is 28.5 Å². The normalized spacial score (nSPS) is 27.6. The average molecular weight is 487 g/mol. The van der Waals surface area contributed by atoms with Crippen LogP contribution in [-0.2, 0) is 0 Å². The Hall–Kier alpha value is -3.80. The molecule has 3 fully saturated rings. The number of fused-ring (bicyclic) bond motifs is 3. The fraction of sp³-hybridized carbons (Fsp3) is 0.481. The average Bonchev–Trinajstić information content (AvgIpc) is 3.39. The van der Waals surface area contributed by atoms with Crippen LogP contribution in [0.1, 0.15) is 68.9 Å². The van der Waals surface area contributed by atoms with E-state index in [1.165, 1.54) is 5.56 Å². The molecule has 186 valence electrons. The van der Waals surface area contributed by atoms with Gasteiger partial charge in [-0.25, -0.2) is 4.79 Å². The number of carbonyl (C=O) groups is 1. The van der Waals surface area contributed by atoms with Crippen LogP contribution in [0.4, 0.5) is 16.3 Å². The number of rotatable bonds is 4. The van der Waals surface area contributed by atoms with Crippen LogP contribution in [0, 0.1) is 17.2 Å². The summed E-state index contributed by atoms with van der Waals surface area (Å²) in [6, 6.07) is 12.7. The smallest absolute Gasteiger partial charge is 0.407 e. The summed E-state index contributed by atoms with van der Waals surface area (Å²) in [6.07, 6.45) is 8.28. The predicted molar refractivity (Wildman–Crippen MR) is 135 cm³/mol. The minimum absolute atomic E-state index is 0.0435. The highest BCUT2D eigenvalue weighted by Crippen LogP contribution is 2.43. The molecule has 3 aliphatic rings. The third-order valence-corrected chi connectivity index (χ3v) is 8.44. The lowest BCUT2D eigenvalue weighted by Gasteiger charge is -2.37. The molecule has 4 heterocycles. The first-order valence-corrected chi connectivity index (χ1v) is 12.9. The van der Waals surface area contributed by atoms with Crippen molar-refractivity contribution in [2.75, 3.05) is 5.32 Å². The van der Waals surface area contributed by atoms with Gasteiger partial charge in [-0.15, -0.1) is 0 Å². The van der Waals surface area contributed by atoms with E-state index in [1.807, 2.05) is 22.9 Å². The lowest BCUT2D eigenvalue weighted by Crippen LogP contribution is -2.45. The topological polar surface area (TPSA) is 127 Å². The Bertz CT molecular complexity index is 1370. The van der Waals surface area contributed by atoms with Gasteiger partial charge >= 0.3 is 6.09 Å². The molecule has 4 unspecified atom stereocenters. The summed E-state index contributed by atoms with van der Waals surface area (Å²) in [5.74, 6) is 0.732. The van der Waals surface area contributed by atoms with Crippen molar-refractivity contribution in [1.29, 1.82) is 5.26 Å². The predicted octanol–water partition coefficient (Wildman–Crippen LogP) is 5.11. The summed E-state index contributed by atoms with van der Waals surface area (Å²) < 4.78 is 1.88. The van der Waals surface area contributed by atoms with Crippen molar-refractivity contribution in [2.45, 2.75) is 75.4 Å². The Balaban J connectivity index is 1.26. The van der Waals surface area contributed by atoms with Crippen molar-refractivity contribution in [3.8, 4) is 6.07 Å². The van der Waals surface area contributed by atoms with Crippen molar-refractivity contribution in [3.05, 3.63) is 52.4 Å². The molecule has 1 aliphatic carbocycles. The zero-order valence-corrected chi connectivity index (χ0v) is 20.1. The Labute approximate surface area is 208 Å². The quantitative estimate of drug-likeness (QED) is 0.470. The minimum Gasteiger partial charge on any atom is -0.465 e. The molecule has 0 spiro atoms. The molecule has 6 rings (SSSR count). The molecular formula is C27H30N6O3. The van der Waals surface area contributed by atoms with Crippen LogP contribution in [0.3, 0.4) is 0 Å². The molecule has 3 N–H and O–H groups in total. The van der Waals surface area contributed by atoms with Gasteiger partial charge in [0.25, 0.3) is 5.56 Å². The number of piperidine rings is 1. The summed E-state index contributed by atoms with van der Waals surface area (Å²) in [5.41, 5.74) is 2.59. The van der Waals surface area contributed by atoms with Crippen LogP contribution in [0.15, 0.2) is 41.3 Å². The van der Waals surface area contributed by atoms with E-state index in [0.29, 0.717) is 17.1 Å². The molecular weight excluding hydrogens is 456 g/mol.